The number of aromatic nitrogens is 1. The molecule has 6 nitrogen and oxygen atoms in total. The first-order valence-electron chi connectivity index (χ1n) is 8.01. The summed E-state index contributed by atoms with van der Waals surface area (Å²) in [6.07, 6.45) is 3.87. The molecule has 7 heteroatoms. The number of carbonyl (C=O) groups is 2. The smallest absolute Gasteiger partial charge is 0.329 e. The van der Waals surface area contributed by atoms with Gasteiger partial charge in [0.2, 0.25) is 11.8 Å². The number of benzene rings is 1. The van der Waals surface area contributed by atoms with E-state index in [4.69, 9.17) is 9.15 Å². The second kappa shape index (κ2) is 6.98. The lowest BCUT2D eigenvalue weighted by Gasteiger charge is -2.22. The van der Waals surface area contributed by atoms with Crippen LogP contribution < -0.4 is 5.32 Å². The van der Waals surface area contributed by atoms with Crippen LogP contribution in [0.5, 0.6) is 0 Å². The van der Waals surface area contributed by atoms with Crippen molar-refractivity contribution < 1.29 is 23.1 Å². The first kappa shape index (κ1) is 16.4. The fourth-order valence-electron chi connectivity index (χ4n) is 3.11. The van der Waals surface area contributed by atoms with Gasteiger partial charge in [-0.15, -0.1) is 0 Å². The molecule has 1 N–H and O–H groups in total. The summed E-state index contributed by atoms with van der Waals surface area (Å²) in [7, 11) is 0. The summed E-state index contributed by atoms with van der Waals surface area (Å²) in [5, 5.41) is 2.68. The SMILES string of the molecule is CC(=O)N[C@@H](C(=O)OCc1nc2ccc(F)cc2o1)C1CCCC1. The zero-order chi connectivity index (χ0) is 17.1. The van der Waals surface area contributed by atoms with Crippen LogP contribution in [0, 0.1) is 11.7 Å². The third-order valence-electron chi connectivity index (χ3n) is 4.22. The quantitative estimate of drug-likeness (QED) is 0.850. The van der Waals surface area contributed by atoms with E-state index in [-0.39, 0.29) is 24.3 Å². The molecular weight excluding hydrogens is 315 g/mol. The van der Waals surface area contributed by atoms with E-state index >= 15 is 0 Å². The van der Waals surface area contributed by atoms with Gasteiger partial charge >= 0.3 is 5.97 Å². The Morgan fingerprint density at radius 2 is 2.17 bits per heavy atom. The molecule has 1 amide bonds. The molecule has 128 valence electrons. The first-order valence-corrected chi connectivity index (χ1v) is 8.01. The second-order valence-electron chi connectivity index (χ2n) is 6.05. The van der Waals surface area contributed by atoms with E-state index in [9.17, 15) is 14.0 Å². The Labute approximate surface area is 138 Å². The van der Waals surface area contributed by atoms with Crippen molar-refractivity contribution in [3.63, 3.8) is 0 Å². The molecule has 0 aliphatic heterocycles. The number of amides is 1. The van der Waals surface area contributed by atoms with Gasteiger partial charge in [-0.25, -0.2) is 14.2 Å². The van der Waals surface area contributed by atoms with E-state index in [0.29, 0.717) is 11.1 Å². The number of fused-ring (bicyclic) bond motifs is 1. The van der Waals surface area contributed by atoms with E-state index in [0.717, 1.165) is 25.7 Å². The number of oxazole rings is 1. The third kappa shape index (κ3) is 3.72. The molecule has 1 aromatic heterocycles. The number of nitrogens with one attached hydrogen (secondary N) is 1. The summed E-state index contributed by atoms with van der Waals surface area (Å²) in [5.74, 6) is -0.892. The Balaban J connectivity index is 1.66. The van der Waals surface area contributed by atoms with Crippen LogP contribution in [0.1, 0.15) is 38.5 Å². The highest BCUT2D eigenvalue weighted by atomic mass is 19.1. The molecule has 24 heavy (non-hydrogen) atoms. The van der Waals surface area contributed by atoms with Crippen LogP contribution in [-0.2, 0) is 20.9 Å². The fourth-order valence-corrected chi connectivity index (χ4v) is 3.11. The number of rotatable bonds is 5. The highest BCUT2D eigenvalue weighted by Gasteiger charge is 2.32. The Bertz CT molecular complexity index is 752. The van der Waals surface area contributed by atoms with Crippen molar-refractivity contribution >= 4 is 23.0 Å². The normalized spacial score (nSPS) is 16.2. The average molecular weight is 334 g/mol. The molecule has 0 bridgehead atoms. The number of esters is 1. The molecule has 1 aliphatic carbocycles. The van der Waals surface area contributed by atoms with Gasteiger partial charge in [0.15, 0.2) is 12.2 Å². The van der Waals surface area contributed by atoms with Crippen LogP contribution in [0.2, 0.25) is 0 Å². The zero-order valence-electron chi connectivity index (χ0n) is 13.4. The summed E-state index contributed by atoms with van der Waals surface area (Å²) < 4.78 is 23.8. The average Bonchev–Trinajstić information content (AvgIpc) is 3.18. The molecule has 1 atom stereocenters. The maximum absolute atomic E-state index is 13.1. The van der Waals surface area contributed by atoms with Crippen LogP contribution >= 0.6 is 0 Å². The lowest BCUT2D eigenvalue weighted by molar-refractivity contribution is -0.151. The van der Waals surface area contributed by atoms with Crippen molar-refractivity contribution in [1.82, 2.24) is 10.3 Å². The van der Waals surface area contributed by atoms with Crippen molar-refractivity contribution in [2.45, 2.75) is 45.3 Å². The molecule has 0 spiro atoms. The van der Waals surface area contributed by atoms with Gasteiger partial charge in [0.25, 0.3) is 0 Å². The van der Waals surface area contributed by atoms with E-state index in [1.54, 1.807) is 0 Å². The lowest BCUT2D eigenvalue weighted by atomic mass is 9.98. The van der Waals surface area contributed by atoms with Gasteiger partial charge < -0.3 is 14.5 Å². The Kier molecular flexibility index (Phi) is 4.78. The number of hydrogen-bond acceptors (Lipinski definition) is 5. The number of hydrogen-bond donors (Lipinski definition) is 1. The largest absolute Gasteiger partial charge is 0.454 e. The van der Waals surface area contributed by atoms with E-state index < -0.39 is 17.8 Å². The Morgan fingerprint density at radius 3 is 2.88 bits per heavy atom. The fraction of sp³-hybridized carbons (Fsp3) is 0.471. The molecule has 2 aromatic rings. The Hall–Kier alpha value is -2.44. The monoisotopic (exact) mass is 334 g/mol. The van der Waals surface area contributed by atoms with Crippen molar-refractivity contribution in [2.75, 3.05) is 0 Å². The molecule has 3 rings (SSSR count). The van der Waals surface area contributed by atoms with Gasteiger partial charge in [-0.2, -0.15) is 0 Å². The molecule has 1 fully saturated rings. The van der Waals surface area contributed by atoms with Crippen molar-refractivity contribution in [2.24, 2.45) is 5.92 Å². The summed E-state index contributed by atoms with van der Waals surface area (Å²) in [6.45, 7) is 1.22. The number of halogens is 1. The standard InChI is InChI=1S/C17H19FN2O4/c1-10(21)19-16(11-4-2-3-5-11)17(22)23-9-15-20-13-7-6-12(18)8-14(13)24-15/h6-8,11,16H,2-5,9H2,1H3,(H,19,21)/t16-/m1/s1. The van der Waals surface area contributed by atoms with Crippen LogP contribution in [-0.4, -0.2) is 22.9 Å². The molecule has 0 saturated heterocycles. The zero-order valence-corrected chi connectivity index (χ0v) is 13.4. The highest BCUT2D eigenvalue weighted by molar-refractivity contribution is 5.83. The summed E-state index contributed by atoms with van der Waals surface area (Å²) >= 11 is 0. The third-order valence-corrected chi connectivity index (χ3v) is 4.22. The van der Waals surface area contributed by atoms with Crippen LogP contribution in [0.3, 0.4) is 0 Å². The maximum Gasteiger partial charge on any atom is 0.329 e. The molecule has 1 heterocycles. The molecule has 0 unspecified atom stereocenters. The van der Waals surface area contributed by atoms with Crippen LogP contribution in [0.4, 0.5) is 4.39 Å². The molecule has 0 radical (unpaired) electrons. The molecule has 1 saturated carbocycles. The lowest BCUT2D eigenvalue weighted by Crippen LogP contribution is -2.45. The summed E-state index contributed by atoms with van der Waals surface area (Å²) in [6, 6.07) is 3.37. The minimum Gasteiger partial charge on any atom is -0.454 e. The van der Waals surface area contributed by atoms with Gasteiger partial charge in [0.1, 0.15) is 17.4 Å². The first-order chi connectivity index (χ1) is 11.5. The van der Waals surface area contributed by atoms with Crippen molar-refractivity contribution in [1.29, 1.82) is 0 Å². The summed E-state index contributed by atoms with van der Waals surface area (Å²) in [4.78, 5) is 27.8. The van der Waals surface area contributed by atoms with Gasteiger partial charge in [-0.1, -0.05) is 12.8 Å². The number of carbonyl (C=O) groups excluding carboxylic acids is 2. The predicted molar refractivity (Wildman–Crippen MR) is 83.3 cm³/mol. The molecule has 1 aromatic carbocycles. The Morgan fingerprint density at radius 1 is 1.42 bits per heavy atom. The van der Waals surface area contributed by atoms with Crippen LogP contribution in [0.25, 0.3) is 11.1 Å². The minimum absolute atomic E-state index is 0.0964. The van der Waals surface area contributed by atoms with Crippen molar-refractivity contribution in [3.05, 3.63) is 29.9 Å². The van der Waals surface area contributed by atoms with Crippen LogP contribution in [0.15, 0.2) is 22.6 Å². The topological polar surface area (TPSA) is 81.4 Å². The molecular formula is C17H19FN2O4. The molecule has 1 aliphatic rings. The maximum atomic E-state index is 13.1. The number of nitrogens with zero attached hydrogens (tertiary/aromatic N) is 1. The highest BCUT2D eigenvalue weighted by Crippen LogP contribution is 2.28. The summed E-state index contributed by atoms with van der Waals surface area (Å²) in [5.41, 5.74) is 0.798. The van der Waals surface area contributed by atoms with Crippen molar-refractivity contribution in [3.8, 4) is 0 Å². The van der Waals surface area contributed by atoms with Gasteiger partial charge in [-0.3, -0.25) is 4.79 Å². The predicted octanol–water partition coefficient (Wildman–Crippen LogP) is 2.71. The second-order valence-corrected chi connectivity index (χ2v) is 6.05. The van der Waals surface area contributed by atoms with E-state index in [1.807, 2.05) is 0 Å². The van der Waals surface area contributed by atoms with Gasteiger partial charge in [-0.05, 0) is 30.9 Å². The van der Waals surface area contributed by atoms with Gasteiger partial charge in [0.05, 0.1) is 0 Å². The van der Waals surface area contributed by atoms with Gasteiger partial charge in [0, 0.05) is 13.0 Å². The number of ether oxygens (including phenoxy) is 1. The van der Waals surface area contributed by atoms with E-state index in [1.165, 1.54) is 25.1 Å². The van der Waals surface area contributed by atoms with E-state index in [2.05, 4.69) is 10.3 Å². The minimum atomic E-state index is -0.646.